The Morgan fingerprint density at radius 2 is 2.13 bits per heavy atom. The van der Waals surface area contributed by atoms with Gasteiger partial charge in [-0.05, 0) is 12.8 Å². The highest BCUT2D eigenvalue weighted by atomic mass is 16.4. The fraction of sp³-hybridized carbons (Fsp3) is 0.750. The van der Waals surface area contributed by atoms with Crippen LogP contribution in [0.2, 0.25) is 0 Å². The van der Waals surface area contributed by atoms with Crippen molar-refractivity contribution in [1.29, 1.82) is 0 Å². The maximum absolute atomic E-state index is 10.7. The van der Waals surface area contributed by atoms with Crippen molar-refractivity contribution in [2.45, 2.75) is 18.9 Å². The zero-order valence-corrected chi connectivity index (χ0v) is 8.65. The fourth-order valence-electron chi connectivity index (χ4n) is 1.07. The molecule has 0 aromatic rings. The van der Waals surface area contributed by atoms with Crippen LogP contribution in [-0.4, -0.2) is 42.7 Å². The topological polar surface area (TPSA) is 140 Å². The van der Waals surface area contributed by atoms with Crippen molar-refractivity contribution in [3.05, 3.63) is 0 Å². The first-order valence-electron chi connectivity index (χ1n) is 4.79. The molecule has 7 heteroatoms. The molecule has 0 bridgehead atoms. The molecule has 7 nitrogen and oxygen atoms in total. The van der Waals surface area contributed by atoms with Crippen LogP contribution in [0.1, 0.15) is 12.8 Å². The van der Waals surface area contributed by atoms with Crippen molar-refractivity contribution in [2.24, 2.45) is 22.2 Å². The van der Waals surface area contributed by atoms with Crippen LogP contribution in [-0.2, 0) is 4.79 Å². The van der Waals surface area contributed by atoms with Gasteiger partial charge in [-0.2, -0.15) is 0 Å². The minimum Gasteiger partial charge on any atom is -0.480 e. The maximum atomic E-state index is 10.7. The van der Waals surface area contributed by atoms with Crippen LogP contribution in [0.5, 0.6) is 0 Å². The smallest absolute Gasteiger partial charge is 0.320 e. The second kappa shape index (κ2) is 8.01. The van der Waals surface area contributed by atoms with Gasteiger partial charge in [0.15, 0.2) is 5.96 Å². The second-order valence-electron chi connectivity index (χ2n) is 3.08. The van der Waals surface area contributed by atoms with Crippen molar-refractivity contribution in [3.8, 4) is 0 Å². The van der Waals surface area contributed by atoms with Crippen LogP contribution in [0.25, 0.3) is 0 Å². The van der Waals surface area contributed by atoms with Crippen LogP contribution in [0.3, 0.4) is 0 Å². The number of nitrogens with two attached hydrogens (primary N) is 3. The van der Waals surface area contributed by atoms with Gasteiger partial charge >= 0.3 is 5.97 Å². The summed E-state index contributed by atoms with van der Waals surface area (Å²) in [6.45, 7) is 1.34. The predicted octanol–water partition coefficient (Wildman–Crippen LogP) is -1.96. The van der Waals surface area contributed by atoms with E-state index in [1.807, 2.05) is 0 Å². The minimum atomic E-state index is -0.881. The summed E-state index contributed by atoms with van der Waals surface area (Å²) in [6, 6.07) is -0.581. The molecule has 15 heavy (non-hydrogen) atoms. The summed E-state index contributed by atoms with van der Waals surface area (Å²) < 4.78 is 0. The fourth-order valence-corrected chi connectivity index (χ4v) is 1.07. The Kier molecular flexibility index (Phi) is 7.29. The van der Waals surface area contributed by atoms with E-state index in [-0.39, 0.29) is 5.96 Å². The maximum Gasteiger partial charge on any atom is 0.320 e. The molecule has 0 aromatic heterocycles. The average Bonchev–Trinajstić information content (AvgIpc) is 2.15. The number of carboxylic acid groups (broad SMARTS) is 1. The van der Waals surface area contributed by atoms with Gasteiger partial charge in [0.1, 0.15) is 6.04 Å². The standard InChI is InChI=1S/C8H19N5O2/c9-3-5-12-6(7(14)15)2-1-4-13-8(10)11/h6,12H,1-5,9H2,(H,14,15)(H4,10,11,13)/t6-/m0/s1. The molecule has 0 aliphatic rings. The van der Waals surface area contributed by atoms with Crippen molar-refractivity contribution >= 4 is 11.9 Å². The monoisotopic (exact) mass is 217 g/mol. The van der Waals surface area contributed by atoms with E-state index in [0.29, 0.717) is 32.5 Å². The molecule has 0 aliphatic carbocycles. The van der Waals surface area contributed by atoms with Crippen LogP contribution >= 0.6 is 0 Å². The summed E-state index contributed by atoms with van der Waals surface area (Å²) in [6.07, 6.45) is 1.10. The third-order valence-electron chi connectivity index (χ3n) is 1.78. The molecule has 0 heterocycles. The lowest BCUT2D eigenvalue weighted by molar-refractivity contribution is -0.139. The quantitative estimate of drug-likeness (QED) is 0.182. The third kappa shape index (κ3) is 7.71. The van der Waals surface area contributed by atoms with Gasteiger partial charge in [0.2, 0.25) is 0 Å². The largest absolute Gasteiger partial charge is 0.480 e. The Bertz CT molecular complexity index is 215. The number of hydrogen-bond acceptors (Lipinski definition) is 4. The molecule has 0 radical (unpaired) electrons. The van der Waals surface area contributed by atoms with Crippen molar-refractivity contribution < 1.29 is 9.90 Å². The normalized spacial score (nSPS) is 12.1. The number of rotatable bonds is 8. The summed E-state index contributed by atoms with van der Waals surface area (Å²) in [5, 5.41) is 11.6. The second-order valence-corrected chi connectivity index (χ2v) is 3.08. The first-order chi connectivity index (χ1) is 7.07. The summed E-state index contributed by atoms with van der Waals surface area (Å²) in [5.74, 6) is -0.857. The molecule has 1 atom stereocenters. The first-order valence-corrected chi connectivity index (χ1v) is 4.79. The van der Waals surface area contributed by atoms with Crippen LogP contribution in [0.15, 0.2) is 4.99 Å². The van der Waals surface area contributed by atoms with Gasteiger partial charge in [-0.25, -0.2) is 0 Å². The minimum absolute atomic E-state index is 0.0248. The Balaban J connectivity index is 3.76. The van der Waals surface area contributed by atoms with E-state index in [9.17, 15) is 4.79 Å². The molecule has 0 unspecified atom stereocenters. The lowest BCUT2D eigenvalue weighted by Crippen LogP contribution is -2.39. The summed E-state index contributed by atoms with van der Waals surface area (Å²) in [4.78, 5) is 14.5. The number of aliphatic carboxylic acids is 1. The number of aliphatic imine (C=N–C) groups is 1. The van der Waals surface area contributed by atoms with E-state index in [0.717, 1.165) is 0 Å². The molecule has 0 aromatic carbocycles. The zero-order chi connectivity index (χ0) is 11.7. The van der Waals surface area contributed by atoms with Crippen molar-refractivity contribution in [1.82, 2.24) is 5.32 Å². The lowest BCUT2D eigenvalue weighted by atomic mass is 10.1. The number of hydrogen-bond donors (Lipinski definition) is 5. The predicted molar refractivity (Wildman–Crippen MR) is 58.4 cm³/mol. The van der Waals surface area contributed by atoms with E-state index < -0.39 is 12.0 Å². The van der Waals surface area contributed by atoms with E-state index in [4.69, 9.17) is 22.3 Å². The van der Waals surface area contributed by atoms with Crippen LogP contribution < -0.4 is 22.5 Å². The van der Waals surface area contributed by atoms with Gasteiger partial charge in [0.05, 0.1) is 0 Å². The molecule has 0 rings (SSSR count). The Morgan fingerprint density at radius 1 is 1.47 bits per heavy atom. The molecule has 0 saturated heterocycles. The number of carboxylic acids is 1. The Labute approximate surface area is 88.7 Å². The molecule has 0 fully saturated rings. The molecule has 88 valence electrons. The van der Waals surface area contributed by atoms with E-state index in [1.54, 1.807) is 0 Å². The SMILES string of the molecule is NCCN[C@@H](CCCN=C(N)N)C(=O)O. The lowest BCUT2D eigenvalue weighted by Gasteiger charge is -2.12. The zero-order valence-electron chi connectivity index (χ0n) is 8.65. The van der Waals surface area contributed by atoms with E-state index in [1.165, 1.54) is 0 Å². The molecule has 0 amide bonds. The first kappa shape index (κ1) is 13.7. The van der Waals surface area contributed by atoms with E-state index in [2.05, 4.69) is 10.3 Å². The molecular weight excluding hydrogens is 198 g/mol. The van der Waals surface area contributed by atoms with Crippen molar-refractivity contribution in [3.63, 3.8) is 0 Å². The number of guanidine groups is 1. The van der Waals surface area contributed by atoms with Gasteiger partial charge in [-0.3, -0.25) is 9.79 Å². The van der Waals surface area contributed by atoms with Gasteiger partial charge in [0.25, 0.3) is 0 Å². The Morgan fingerprint density at radius 3 is 2.60 bits per heavy atom. The molecular formula is C8H19N5O2. The van der Waals surface area contributed by atoms with Crippen LogP contribution in [0, 0.1) is 0 Å². The average molecular weight is 217 g/mol. The van der Waals surface area contributed by atoms with Crippen molar-refractivity contribution in [2.75, 3.05) is 19.6 Å². The highest BCUT2D eigenvalue weighted by Gasteiger charge is 2.14. The molecule has 0 saturated carbocycles. The van der Waals surface area contributed by atoms with Gasteiger partial charge in [-0.15, -0.1) is 0 Å². The molecule has 0 aliphatic heterocycles. The summed E-state index contributed by atoms with van der Waals surface area (Å²) in [5.41, 5.74) is 15.5. The summed E-state index contributed by atoms with van der Waals surface area (Å²) >= 11 is 0. The number of nitrogens with zero attached hydrogens (tertiary/aromatic N) is 1. The highest BCUT2D eigenvalue weighted by molar-refractivity contribution is 5.75. The Hall–Kier alpha value is -1.34. The third-order valence-corrected chi connectivity index (χ3v) is 1.78. The number of carbonyl (C=O) groups is 1. The van der Waals surface area contributed by atoms with Gasteiger partial charge in [-0.1, -0.05) is 0 Å². The summed E-state index contributed by atoms with van der Waals surface area (Å²) in [7, 11) is 0. The molecule has 0 spiro atoms. The van der Waals surface area contributed by atoms with Crippen LogP contribution in [0.4, 0.5) is 0 Å². The van der Waals surface area contributed by atoms with E-state index >= 15 is 0 Å². The molecule has 8 N–H and O–H groups in total. The highest BCUT2D eigenvalue weighted by Crippen LogP contribution is 1.97. The van der Waals surface area contributed by atoms with Gasteiger partial charge < -0.3 is 27.6 Å². The number of nitrogens with one attached hydrogen (secondary N) is 1. The van der Waals surface area contributed by atoms with Gasteiger partial charge in [0, 0.05) is 19.6 Å².